The van der Waals surface area contributed by atoms with Crippen molar-refractivity contribution in [2.45, 2.75) is 46.2 Å². The number of thiazole rings is 1. The van der Waals surface area contributed by atoms with E-state index in [-0.39, 0.29) is 0 Å². The fraction of sp³-hybridized carbons (Fsp3) is 0.500. The first kappa shape index (κ1) is 18.7. The van der Waals surface area contributed by atoms with Crippen LogP contribution in [0.3, 0.4) is 0 Å². The number of anilines is 1. The van der Waals surface area contributed by atoms with Crippen molar-refractivity contribution in [1.82, 2.24) is 15.6 Å². The van der Waals surface area contributed by atoms with E-state index in [0.717, 1.165) is 30.6 Å². The average Bonchev–Trinajstić information content (AvgIpc) is 3.06. The largest absolute Gasteiger partial charge is 0.369 e. The quantitative estimate of drug-likeness (QED) is 0.624. The minimum Gasteiger partial charge on any atom is -0.369 e. The second-order valence-electron chi connectivity index (χ2n) is 6.82. The Bertz CT molecular complexity index is 722. The van der Waals surface area contributed by atoms with Crippen molar-refractivity contribution in [2.75, 3.05) is 24.5 Å². The number of hydrogen-bond acceptors (Lipinski definition) is 4. The smallest absolute Gasteiger partial charge is 0.191 e. The summed E-state index contributed by atoms with van der Waals surface area (Å²) in [6, 6.07) is 9.23. The highest BCUT2D eigenvalue weighted by Gasteiger charge is 2.21. The van der Waals surface area contributed by atoms with Crippen LogP contribution in [0.4, 0.5) is 5.69 Å². The van der Waals surface area contributed by atoms with Crippen LogP contribution in [0.1, 0.15) is 35.2 Å². The van der Waals surface area contributed by atoms with Gasteiger partial charge in [0.2, 0.25) is 0 Å². The van der Waals surface area contributed by atoms with Crippen LogP contribution in [-0.4, -0.2) is 36.6 Å². The maximum absolute atomic E-state index is 4.72. The third kappa shape index (κ3) is 5.21. The average molecular weight is 372 g/mol. The molecule has 2 aromatic rings. The minimum atomic E-state index is 0.404. The van der Waals surface area contributed by atoms with E-state index >= 15 is 0 Å². The molecule has 0 aliphatic carbocycles. The molecule has 0 bridgehead atoms. The molecule has 1 aromatic carbocycles. The predicted molar refractivity (Wildman–Crippen MR) is 111 cm³/mol. The van der Waals surface area contributed by atoms with E-state index < -0.39 is 0 Å². The van der Waals surface area contributed by atoms with Crippen molar-refractivity contribution in [3.63, 3.8) is 0 Å². The van der Waals surface area contributed by atoms with Crippen LogP contribution in [0.5, 0.6) is 0 Å². The molecule has 3 rings (SSSR count). The summed E-state index contributed by atoms with van der Waals surface area (Å²) >= 11 is 1.71. The van der Waals surface area contributed by atoms with Crippen molar-refractivity contribution >= 4 is 23.0 Å². The number of aliphatic imine (C=N–C) groups is 1. The Kier molecular flexibility index (Phi) is 6.50. The van der Waals surface area contributed by atoms with Crippen molar-refractivity contribution in [1.29, 1.82) is 0 Å². The maximum atomic E-state index is 4.72. The van der Waals surface area contributed by atoms with E-state index in [2.05, 4.69) is 65.6 Å². The number of benzene rings is 1. The fourth-order valence-corrected chi connectivity index (χ4v) is 3.93. The summed E-state index contributed by atoms with van der Waals surface area (Å²) in [7, 11) is 0. The van der Waals surface area contributed by atoms with Crippen molar-refractivity contribution < 1.29 is 0 Å². The molecule has 1 aliphatic heterocycles. The molecule has 140 valence electrons. The summed E-state index contributed by atoms with van der Waals surface area (Å²) in [5, 5.41) is 8.05. The molecule has 1 atom stereocenters. The number of aryl methyl sites for hydroxylation is 2. The van der Waals surface area contributed by atoms with Gasteiger partial charge in [-0.15, -0.1) is 11.3 Å². The van der Waals surface area contributed by atoms with E-state index in [1.54, 1.807) is 11.3 Å². The van der Waals surface area contributed by atoms with Gasteiger partial charge >= 0.3 is 0 Å². The second-order valence-corrected chi connectivity index (χ2v) is 8.14. The zero-order chi connectivity index (χ0) is 18.4. The van der Waals surface area contributed by atoms with Gasteiger partial charge in [-0.1, -0.05) is 17.7 Å². The van der Waals surface area contributed by atoms with E-state index in [4.69, 9.17) is 4.99 Å². The van der Waals surface area contributed by atoms with Crippen LogP contribution in [-0.2, 0) is 6.54 Å². The Hall–Kier alpha value is -2.08. The lowest BCUT2D eigenvalue weighted by atomic mass is 10.0. The number of aromatic nitrogens is 1. The molecule has 2 N–H and O–H groups in total. The lowest BCUT2D eigenvalue weighted by molar-refractivity contribution is 0.468. The molecule has 2 heterocycles. The van der Waals surface area contributed by atoms with E-state index in [1.165, 1.54) is 29.0 Å². The fourth-order valence-electron chi connectivity index (χ4n) is 3.22. The number of guanidine groups is 1. The van der Waals surface area contributed by atoms with Gasteiger partial charge < -0.3 is 15.5 Å². The second kappa shape index (κ2) is 9.03. The molecule has 1 aromatic heterocycles. The van der Waals surface area contributed by atoms with Gasteiger partial charge in [0, 0.05) is 42.4 Å². The molecule has 0 radical (unpaired) electrons. The summed E-state index contributed by atoms with van der Waals surface area (Å²) in [5.74, 6) is 0.885. The molecule has 1 unspecified atom stereocenters. The minimum absolute atomic E-state index is 0.404. The number of nitrogens with zero attached hydrogens (tertiary/aromatic N) is 3. The third-order valence-electron chi connectivity index (χ3n) is 4.55. The number of piperidine rings is 1. The van der Waals surface area contributed by atoms with Crippen LogP contribution in [0.25, 0.3) is 0 Å². The van der Waals surface area contributed by atoms with Gasteiger partial charge in [0.1, 0.15) is 5.01 Å². The molecule has 1 saturated heterocycles. The van der Waals surface area contributed by atoms with Crippen LogP contribution >= 0.6 is 11.3 Å². The number of rotatable bonds is 5. The molecule has 0 amide bonds. The zero-order valence-electron chi connectivity index (χ0n) is 16.0. The molecule has 5 nitrogen and oxygen atoms in total. The van der Waals surface area contributed by atoms with Crippen molar-refractivity contribution in [2.24, 2.45) is 4.99 Å². The Morgan fingerprint density at radius 2 is 2.12 bits per heavy atom. The molecule has 26 heavy (non-hydrogen) atoms. The topological polar surface area (TPSA) is 52.6 Å². The monoisotopic (exact) mass is 371 g/mol. The molecule has 6 heteroatoms. The first-order chi connectivity index (χ1) is 12.6. The zero-order valence-corrected chi connectivity index (χ0v) is 16.8. The molecule has 0 spiro atoms. The lowest BCUT2D eigenvalue weighted by Gasteiger charge is -2.35. The van der Waals surface area contributed by atoms with E-state index in [9.17, 15) is 0 Å². The molecular weight excluding hydrogens is 342 g/mol. The highest BCUT2D eigenvalue weighted by atomic mass is 32.1. The van der Waals surface area contributed by atoms with Gasteiger partial charge in [0.15, 0.2) is 5.96 Å². The highest BCUT2D eigenvalue weighted by Crippen LogP contribution is 2.20. The summed E-state index contributed by atoms with van der Waals surface area (Å²) in [4.78, 5) is 12.8. The van der Waals surface area contributed by atoms with Crippen molar-refractivity contribution in [3.8, 4) is 0 Å². The van der Waals surface area contributed by atoms with Gasteiger partial charge in [-0.25, -0.2) is 9.98 Å². The number of hydrogen-bond donors (Lipinski definition) is 2. The normalized spacial score (nSPS) is 18.0. The van der Waals surface area contributed by atoms with Crippen molar-refractivity contribution in [3.05, 3.63) is 45.9 Å². The van der Waals surface area contributed by atoms with Gasteiger partial charge in [-0.3, -0.25) is 0 Å². The molecule has 1 aliphatic rings. The SMILES string of the molecule is CCNC(=NCc1ncc(C)s1)NC1CCCN(c2ccc(C)cc2)C1. The van der Waals surface area contributed by atoms with Gasteiger partial charge in [0.25, 0.3) is 0 Å². The number of nitrogens with one attached hydrogen (secondary N) is 2. The molecular formula is C20H29N5S. The lowest BCUT2D eigenvalue weighted by Crippen LogP contribution is -2.51. The Morgan fingerprint density at radius 1 is 1.31 bits per heavy atom. The first-order valence-corrected chi connectivity index (χ1v) is 10.2. The van der Waals surface area contributed by atoms with Crippen LogP contribution in [0, 0.1) is 13.8 Å². The first-order valence-electron chi connectivity index (χ1n) is 9.42. The Balaban J connectivity index is 1.61. The van der Waals surface area contributed by atoms with Gasteiger partial charge in [0.05, 0.1) is 6.54 Å². The Labute approximate surface area is 160 Å². The van der Waals surface area contributed by atoms with Crippen LogP contribution in [0.2, 0.25) is 0 Å². The highest BCUT2D eigenvalue weighted by molar-refractivity contribution is 7.11. The Morgan fingerprint density at radius 3 is 2.81 bits per heavy atom. The van der Waals surface area contributed by atoms with Crippen LogP contribution in [0.15, 0.2) is 35.5 Å². The van der Waals surface area contributed by atoms with E-state index in [0.29, 0.717) is 12.6 Å². The standard InChI is InChI=1S/C20H29N5S/c1-4-21-20(23-13-19-22-12-16(3)26-19)24-17-6-5-11-25(14-17)18-9-7-15(2)8-10-18/h7-10,12,17H,4-6,11,13-14H2,1-3H3,(H2,21,23,24). The summed E-state index contributed by atoms with van der Waals surface area (Å²) in [6.07, 6.45) is 4.27. The summed E-state index contributed by atoms with van der Waals surface area (Å²) in [5.41, 5.74) is 2.61. The maximum Gasteiger partial charge on any atom is 0.191 e. The molecule has 0 saturated carbocycles. The predicted octanol–water partition coefficient (Wildman–Crippen LogP) is 3.48. The molecule has 1 fully saturated rings. The van der Waals surface area contributed by atoms with Gasteiger partial charge in [-0.05, 0) is 45.7 Å². The summed E-state index contributed by atoms with van der Waals surface area (Å²) in [6.45, 7) is 9.92. The third-order valence-corrected chi connectivity index (χ3v) is 5.44. The van der Waals surface area contributed by atoms with E-state index in [1.807, 2.05) is 6.20 Å². The van der Waals surface area contributed by atoms with Gasteiger partial charge in [-0.2, -0.15) is 0 Å². The van der Waals surface area contributed by atoms with Crippen LogP contribution < -0.4 is 15.5 Å². The summed E-state index contributed by atoms with van der Waals surface area (Å²) < 4.78 is 0.